The van der Waals surface area contributed by atoms with Gasteiger partial charge in [0.15, 0.2) is 0 Å². The minimum absolute atomic E-state index is 0.198. The van der Waals surface area contributed by atoms with Gasteiger partial charge in [0.05, 0.1) is 18.8 Å². The summed E-state index contributed by atoms with van der Waals surface area (Å²) in [4.78, 5) is 11.6. The van der Waals surface area contributed by atoms with Crippen molar-refractivity contribution in [1.82, 2.24) is 10.6 Å². The fourth-order valence-corrected chi connectivity index (χ4v) is 1.48. The first-order valence-corrected chi connectivity index (χ1v) is 5.21. The molecule has 5 heteroatoms. The quantitative estimate of drug-likeness (QED) is 0.707. The van der Waals surface area contributed by atoms with Crippen molar-refractivity contribution in [1.29, 1.82) is 0 Å². The number of methoxy groups -OCH3 is 1. The number of anilines is 1. The molecule has 5 nitrogen and oxygen atoms in total. The third-order valence-corrected chi connectivity index (χ3v) is 2.47. The number of carbonyl (C=O) groups is 1. The van der Waals surface area contributed by atoms with Crippen LogP contribution in [0.5, 0.6) is 5.75 Å². The second-order valence-corrected chi connectivity index (χ2v) is 3.65. The molecule has 2 amide bonds. The third-order valence-electron chi connectivity index (χ3n) is 2.47. The van der Waals surface area contributed by atoms with Gasteiger partial charge in [-0.2, -0.15) is 0 Å². The lowest BCUT2D eigenvalue weighted by atomic mass is 10.2. The molecular weight excluding hydrogens is 206 g/mol. The van der Waals surface area contributed by atoms with E-state index in [1.807, 2.05) is 12.1 Å². The van der Waals surface area contributed by atoms with Crippen molar-refractivity contribution in [2.24, 2.45) is 0 Å². The Hall–Kier alpha value is -1.75. The summed E-state index contributed by atoms with van der Waals surface area (Å²) in [7, 11) is 1.58. The average Bonchev–Trinajstić information content (AvgIpc) is 2.24. The SMILES string of the molecule is COc1ccccc1NC(=O)NC1CNC1. The van der Waals surface area contributed by atoms with Crippen LogP contribution in [-0.4, -0.2) is 32.3 Å². The van der Waals surface area contributed by atoms with Gasteiger partial charge in [-0.25, -0.2) is 4.79 Å². The first kappa shape index (κ1) is 10.8. The number of hydrogen-bond acceptors (Lipinski definition) is 3. The third kappa shape index (κ3) is 2.43. The van der Waals surface area contributed by atoms with E-state index in [1.54, 1.807) is 19.2 Å². The minimum atomic E-state index is -0.198. The van der Waals surface area contributed by atoms with Crippen LogP contribution in [0.4, 0.5) is 10.5 Å². The largest absolute Gasteiger partial charge is 0.495 e. The summed E-state index contributed by atoms with van der Waals surface area (Å²) in [6.07, 6.45) is 0. The molecule has 16 heavy (non-hydrogen) atoms. The molecule has 1 aliphatic rings. The molecule has 0 unspecified atom stereocenters. The Morgan fingerprint density at radius 1 is 1.44 bits per heavy atom. The molecule has 0 spiro atoms. The molecule has 0 saturated carbocycles. The number of urea groups is 1. The van der Waals surface area contributed by atoms with E-state index in [-0.39, 0.29) is 12.1 Å². The Morgan fingerprint density at radius 3 is 2.81 bits per heavy atom. The summed E-state index contributed by atoms with van der Waals surface area (Å²) in [5, 5.41) is 8.69. The smallest absolute Gasteiger partial charge is 0.319 e. The summed E-state index contributed by atoms with van der Waals surface area (Å²) >= 11 is 0. The van der Waals surface area contributed by atoms with E-state index in [1.165, 1.54) is 0 Å². The van der Waals surface area contributed by atoms with Gasteiger partial charge in [-0.1, -0.05) is 12.1 Å². The Morgan fingerprint density at radius 2 is 2.19 bits per heavy atom. The van der Waals surface area contributed by atoms with E-state index in [9.17, 15) is 4.79 Å². The van der Waals surface area contributed by atoms with Crippen LogP contribution in [0.2, 0.25) is 0 Å². The van der Waals surface area contributed by atoms with Crippen molar-refractivity contribution in [3.8, 4) is 5.75 Å². The predicted molar refractivity (Wildman–Crippen MR) is 61.8 cm³/mol. The zero-order valence-electron chi connectivity index (χ0n) is 9.12. The van der Waals surface area contributed by atoms with E-state index in [4.69, 9.17) is 4.74 Å². The van der Waals surface area contributed by atoms with Crippen LogP contribution < -0.4 is 20.7 Å². The van der Waals surface area contributed by atoms with Crippen molar-refractivity contribution in [3.63, 3.8) is 0 Å². The van der Waals surface area contributed by atoms with E-state index >= 15 is 0 Å². The van der Waals surface area contributed by atoms with Crippen LogP contribution in [0.3, 0.4) is 0 Å². The van der Waals surface area contributed by atoms with Crippen LogP contribution in [0, 0.1) is 0 Å². The van der Waals surface area contributed by atoms with Crippen LogP contribution in [0.25, 0.3) is 0 Å². The molecule has 3 N–H and O–H groups in total. The lowest BCUT2D eigenvalue weighted by Crippen LogP contribution is -2.57. The second-order valence-electron chi connectivity index (χ2n) is 3.65. The van der Waals surface area contributed by atoms with Crippen molar-refractivity contribution in [3.05, 3.63) is 24.3 Å². The highest BCUT2D eigenvalue weighted by Crippen LogP contribution is 2.22. The fourth-order valence-electron chi connectivity index (χ4n) is 1.48. The molecule has 1 heterocycles. The summed E-state index contributed by atoms with van der Waals surface area (Å²) in [5.41, 5.74) is 0.676. The molecule has 0 bridgehead atoms. The number of benzene rings is 1. The van der Waals surface area contributed by atoms with Gasteiger partial charge in [-0.3, -0.25) is 0 Å². The lowest BCUT2D eigenvalue weighted by Gasteiger charge is -2.28. The van der Waals surface area contributed by atoms with Gasteiger partial charge in [0, 0.05) is 13.1 Å². The van der Waals surface area contributed by atoms with Gasteiger partial charge in [0.1, 0.15) is 5.75 Å². The number of amides is 2. The monoisotopic (exact) mass is 221 g/mol. The molecule has 1 aliphatic heterocycles. The number of rotatable bonds is 3. The van der Waals surface area contributed by atoms with Crippen molar-refractivity contribution in [2.75, 3.05) is 25.5 Å². The topological polar surface area (TPSA) is 62.4 Å². The fraction of sp³-hybridized carbons (Fsp3) is 0.364. The van der Waals surface area contributed by atoms with Crippen molar-refractivity contribution in [2.45, 2.75) is 6.04 Å². The normalized spacial score (nSPS) is 15.1. The molecule has 0 aliphatic carbocycles. The molecule has 2 rings (SSSR count). The minimum Gasteiger partial charge on any atom is -0.495 e. The number of carbonyl (C=O) groups excluding carboxylic acids is 1. The summed E-state index contributed by atoms with van der Waals surface area (Å²) in [5.74, 6) is 0.657. The van der Waals surface area contributed by atoms with Gasteiger partial charge >= 0.3 is 6.03 Å². The maximum atomic E-state index is 11.6. The molecule has 1 aromatic carbocycles. The zero-order chi connectivity index (χ0) is 11.4. The van der Waals surface area contributed by atoms with Crippen LogP contribution in [-0.2, 0) is 0 Å². The molecule has 1 fully saturated rings. The standard InChI is InChI=1S/C11H15N3O2/c1-16-10-5-3-2-4-9(10)14-11(15)13-8-6-12-7-8/h2-5,8,12H,6-7H2,1H3,(H2,13,14,15). The Labute approximate surface area is 94.2 Å². The van der Waals surface area contributed by atoms with Crippen molar-refractivity contribution >= 4 is 11.7 Å². The van der Waals surface area contributed by atoms with Crippen LogP contribution >= 0.6 is 0 Å². The van der Waals surface area contributed by atoms with Crippen LogP contribution in [0.15, 0.2) is 24.3 Å². The average molecular weight is 221 g/mol. The zero-order valence-corrected chi connectivity index (χ0v) is 9.12. The van der Waals surface area contributed by atoms with Gasteiger partial charge in [-0.15, -0.1) is 0 Å². The molecule has 0 aromatic heterocycles. The highest BCUT2D eigenvalue weighted by molar-refractivity contribution is 5.91. The van der Waals surface area contributed by atoms with E-state index in [0.717, 1.165) is 13.1 Å². The van der Waals surface area contributed by atoms with E-state index in [2.05, 4.69) is 16.0 Å². The maximum absolute atomic E-state index is 11.6. The molecule has 0 atom stereocenters. The van der Waals surface area contributed by atoms with Gasteiger partial charge in [0.25, 0.3) is 0 Å². The Kier molecular flexibility index (Phi) is 3.26. The first-order valence-electron chi connectivity index (χ1n) is 5.21. The Balaban J connectivity index is 1.94. The van der Waals surface area contributed by atoms with Gasteiger partial charge in [0.2, 0.25) is 0 Å². The van der Waals surface area contributed by atoms with Gasteiger partial charge in [-0.05, 0) is 12.1 Å². The highest BCUT2D eigenvalue weighted by Gasteiger charge is 2.18. The number of nitrogens with one attached hydrogen (secondary N) is 3. The first-order chi connectivity index (χ1) is 7.79. The summed E-state index contributed by atoms with van der Waals surface area (Å²) < 4.78 is 5.14. The molecule has 1 aromatic rings. The van der Waals surface area contributed by atoms with E-state index in [0.29, 0.717) is 11.4 Å². The number of hydrogen-bond donors (Lipinski definition) is 3. The molecule has 86 valence electrons. The van der Waals surface area contributed by atoms with Gasteiger partial charge < -0.3 is 20.7 Å². The summed E-state index contributed by atoms with van der Waals surface area (Å²) in [6.45, 7) is 1.67. The molecule has 0 radical (unpaired) electrons. The second kappa shape index (κ2) is 4.85. The van der Waals surface area contributed by atoms with Crippen molar-refractivity contribution < 1.29 is 9.53 Å². The predicted octanol–water partition coefficient (Wildman–Crippen LogP) is 0.788. The highest BCUT2D eigenvalue weighted by atomic mass is 16.5. The van der Waals surface area contributed by atoms with Crippen LogP contribution in [0.1, 0.15) is 0 Å². The molecular formula is C11H15N3O2. The number of ether oxygens (including phenoxy) is 1. The van der Waals surface area contributed by atoms with E-state index < -0.39 is 0 Å². The molecule has 1 saturated heterocycles. The lowest BCUT2D eigenvalue weighted by molar-refractivity contribution is 0.242. The maximum Gasteiger partial charge on any atom is 0.319 e. The summed E-state index contributed by atoms with van der Waals surface area (Å²) in [6, 6.07) is 7.35. The Bertz CT molecular complexity index is 377. The number of para-hydroxylation sites is 2.